The molecule has 2 heterocycles. The number of hydrogen-bond donors (Lipinski definition) is 1. The summed E-state index contributed by atoms with van der Waals surface area (Å²) in [5.74, 6) is 0.00607. The van der Waals surface area contributed by atoms with E-state index < -0.39 is 0 Å². The van der Waals surface area contributed by atoms with Crippen molar-refractivity contribution in [2.75, 3.05) is 37.6 Å². The molecule has 2 aliphatic rings. The van der Waals surface area contributed by atoms with E-state index in [0.29, 0.717) is 0 Å². The lowest BCUT2D eigenvalue weighted by Gasteiger charge is -2.39. The zero-order chi connectivity index (χ0) is 14.9. The summed E-state index contributed by atoms with van der Waals surface area (Å²) in [7, 11) is 0. The van der Waals surface area contributed by atoms with Crippen molar-refractivity contribution in [3.05, 3.63) is 30.1 Å². The highest BCUT2D eigenvalue weighted by molar-refractivity contribution is 5.86. The highest BCUT2D eigenvalue weighted by atomic mass is 19.1. The fourth-order valence-corrected chi connectivity index (χ4v) is 3.25. The van der Waals surface area contributed by atoms with E-state index in [1.54, 1.807) is 12.1 Å². The van der Waals surface area contributed by atoms with Crippen LogP contribution in [0.15, 0.2) is 24.3 Å². The first kappa shape index (κ1) is 14.3. The highest BCUT2D eigenvalue weighted by Crippen LogP contribution is 2.23. The molecule has 0 radical (unpaired) electrons. The Bertz CT molecular complexity index is 503. The van der Waals surface area contributed by atoms with Crippen LogP contribution < -0.4 is 10.2 Å². The minimum Gasteiger partial charge on any atom is -0.368 e. The normalized spacial score (nSPS) is 26.2. The number of nitrogens with one attached hydrogen (secondary N) is 1. The first-order chi connectivity index (χ1) is 10.1. The van der Waals surface area contributed by atoms with E-state index in [-0.39, 0.29) is 17.3 Å². The molecular weight excluding hydrogens is 269 g/mol. The van der Waals surface area contributed by atoms with Crippen molar-refractivity contribution < 1.29 is 9.18 Å². The van der Waals surface area contributed by atoms with Crippen LogP contribution in [0.3, 0.4) is 0 Å². The van der Waals surface area contributed by atoms with Gasteiger partial charge in [0.1, 0.15) is 5.82 Å². The molecule has 0 spiro atoms. The third-order valence-electron chi connectivity index (χ3n) is 4.60. The summed E-state index contributed by atoms with van der Waals surface area (Å²) in [5, 5.41) is 3.33. The Hall–Kier alpha value is -1.62. The number of benzene rings is 1. The van der Waals surface area contributed by atoms with Gasteiger partial charge in [-0.1, -0.05) is 0 Å². The van der Waals surface area contributed by atoms with Crippen LogP contribution in [0, 0.1) is 5.82 Å². The predicted molar refractivity (Wildman–Crippen MR) is 80.8 cm³/mol. The number of piperazine rings is 1. The predicted octanol–water partition coefficient (Wildman–Crippen LogP) is 1.62. The Morgan fingerprint density at radius 3 is 2.43 bits per heavy atom. The van der Waals surface area contributed by atoms with E-state index in [1.165, 1.54) is 12.1 Å². The van der Waals surface area contributed by atoms with Gasteiger partial charge in [-0.3, -0.25) is 4.79 Å². The number of rotatable bonds is 2. The number of hydrogen-bond acceptors (Lipinski definition) is 3. The van der Waals surface area contributed by atoms with Crippen molar-refractivity contribution in [3.63, 3.8) is 0 Å². The smallest absolute Gasteiger partial charge is 0.242 e. The Morgan fingerprint density at radius 2 is 1.86 bits per heavy atom. The molecule has 3 rings (SSSR count). The number of nitrogens with zero attached hydrogens (tertiary/aromatic N) is 2. The molecule has 2 fully saturated rings. The van der Waals surface area contributed by atoms with E-state index in [0.717, 1.165) is 51.3 Å². The largest absolute Gasteiger partial charge is 0.368 e. The van der Waals surface area contributed by atoms with Crippen molar-refractivity contribution in [1.29, 1.82) is 0 Å². The lowest BCUT2D eigenvalue weighted by atomic mass is 9.98. The van der Waals surface area contributed by atoms with E-state index in [4.69, 9.17) is 0 Å². The molecule has 1 aromatic carbocycles. The Morgan fingerprint density at radius 1 is 1.19 bits per heavy atom. The van der Waals surface area contributed by atoms with Crippen molar-refractivity contribution in [3.8, 4) is 0 Å². The van der Waals surface area contributed by atoms with Crippen LogP contribution in [-0.4, -0.2) is 49.1 Å². The maximum absolute atomic E-state index is 13.0. The Kier molecular flexibility index (Phi) is 3.85. The van der Waals surface area contributed by atoms with Gasteiger partial charge < -0.3 is 15.1 Å². The first-order valence-electron chi connectivity index (χ1n) is 7.63. The molecule has 1 aromatic rings. The molecule has 1 N–H and O–H groups in total. The van der Waals surface area contributed by atoms with Crippen molar-refractivity contribution in [2.45, 2.75) is 25.3 Å². The molecule has 2 aliphatic heterocycles. The third-order valence-corrected chi connectivity index (χ3v) is 4.60. The molecule has 2 saturated heterocycles. The van der Waals surface area contributed by atoms with Crippen LogP contribution in [0.25, 0.3) is 0 Å². The van der Waals surface area contributed by atoms with Gasteiger partial charge in [-0.15, -0.1) is 0 Å². The zero-order valence-electron chi connectivity index (χ0n) is 12.4. The fraction of sp³-hybridized carbons (Fsp3) is 0.562. The van der Waals surface area contributed by atoms with Crippen LogP contribution in [0.5, 0.6) is 0 Å². The number of halogens is 1. The molecule has 0 bridgehead atoms. The van der Waals surface area contributed by atoms with Crippen LogP contribution in [0.1, 0.15) is 19.8 Å². The van der Waals surface area contributed by atoms with Crippen LogP contribution in [-0.2, 0) is 4.79 Å². The highest BCUT2D eigenvalue weighted by Gasteiger charge is 2.39. The number of carbonyl (C=O) groups excluding carboxylic acids is 1. The van der Waals surface area contributed by atoms with E-state index in [9.17, 15) is 9.18 Å². The monoisotopic (exact) mass is 291 g/mol. The van der Waals surface area contributed by atoms with Gasteiger partial charge in [-0.25, -0.2) is 4.39 Å². The second-order valence-corrected chi connectivity index (χ2v) is 6.12. The minimum atomic E-state index is -0.377. The third kappa shape index (κ3) is 2.88. The fourth-order valence-electron chi connectivity index (χ4n) is 3.25. The molecule has 1 unspecified atom stereocenters. The Labute approximate surface area is 124 Å². The summed E-state index contributed by atoms with van der Waals surface area (Å²) in [5.41, 5.74) is 0.645. The molecule has 1 atom stereocenters. The molecule has 0 saturated carbocycles. The molecule has 1 amide bonds. The van der Waals surface area contributed by atoms with Crippen LogP contribution in [0.4, 0.5) is 10.1 Å². The van der Waals surface area contributed by atoms with E-state index in [1.807, 2.05) is 11.8 Å². The number of carbonyl (C=O) groups is 1. The minimum absolute atomic E-state index is 0.215. The van der Waals surface area contributed by atoms with Crippen molar-refractivity contribution in [2.24, 2.45) is 0 Å². The molecule has 21 heavy (non-hydrogen) atoms. The summed E-state index contributed by atoms with van der Waals surface area (Å²) in [6.07, 6.45) is 1.99. The van der Waals surface area contributed by atoms with Crippen molar-refractivity contribution in [1.82, 2.24) is 10.2 Å². The molecule has 5 heteroatoms. The van der Waals surface area contributed by atoms with Gasteiger partial charge in [0.15, 0.2) is 0 Å². The van der Waals surface area contributed by atoms with Gasteiger partial charge >= 0.3 is 0 Å². The van der Waals surface area contributed by atoms with Gasteiger partial charge in [0.2, 0.25) is 5.91 Å². The first-order valence-corrected chi connectivity index (χ1v) is 7.63. The average molecular weight is 291 g/mol. The second kappa shape index (κ2) is 5.64. The summed E-state index contributed by atoms with van der Waals surface area (Å²) in [6, 6.07) is 6.56. The van der Waals surface area contributed by atoms with Gasteiger partial charge in [-0.2, -0.15) is 0 Å². The van der Waals surface area contributed by atoms with Crippen molar-refractivity contribution >= 4 is 11.6 Å². The van der Waals surface area contributed by atoms with Crippen LogP contribution >= 0.6 is 0 Å². The lowest BCUT2D eigenvalue weighted by Crippen LogP contribution is -2.58. The summed E-state index contributed by atoms with van der Waals surface area (Å²) in [4.78, 5) is 16.8. The maximum Gasteiger partial charge on any atom is 0.242 e. The lowest BCUT2D eigenvalue weighted by molar-refractivity contribution is -0.137. The number of amides is 1. The SMILES string of the molecule is CC1(C(=O)N2CCN(c3ccc(F)cc3)CC2)CCCN1. The topological polar surface area (TPSA) is 35.6 Å². The quantitative estimate of drug-likeness (QED) is 0.899. The molecular formula is C16H22FN3O. The standard InChI is InChI=1S/C16H22FN3O/c1-16(7-2-8-18-16)15(21)20-11-9-19(10-12-20)14-5-3-13(17)4-6-14/h3-6,18H,2,7-12H2,1H3. The van der Waals surface area contributed by atoms with E-state index >= 15 is 0 Å². The van der Waals surface area contributed by atoms with Crippen LogP contribution in [0.2, 0.25) is 0 Å². The van der Waals surface area contributed by atoms with Gasteiger partial charge in [0.05, 0.1) is 5.54 Å². The maximum atomic E-state index is 13.0. The molecule has 4 nitrogen and oxygen atoms in total. The van der Waals surface area contributed by atoms with E-state index in [2.05, 4.69) is 10.2 Å². The molecule has 0 aliphatic carbocycles. The summed E-state index contributed by atoms with van der Waals surface area (Å²) < 4.78 is 13.0. The second-order valence-electron chi connectivity index (χ2n) is 6.12. The summed E-state index contributed by atoms with van der Waals surface area (Å²) >= 11 is 0. The summed E-state index contributed by atoms with van der Waals surface area (Å²) in [6.45, 7) is 5.99. The Balaban J connectivity index is 1.60. The molecule has 0 aromatic heterocycles. The van der Waals surface area contributed by atoms with Gasteiger partial charge in [-0.05, 0) is 50.6 Å². The van der Waals surface area contributed by atoms with Gasteiger partial charge in [0, 0.05) is 31.9 Å². The van der Waals surface area contributed by atoms with Gasteiger partial charge in [0.25, 0.3) is 0 Å². The zero-order valence-corrected chi connectivity index (χ0v) is 12.4. The number of anilines is 1. The molecule has 114 valence electrons. The average Bonchev–Trinajstić information content (AvgIpc) is 2.96.